The zero-order valence-corrected chi connectivity index (χ0v) is 12.3. The molecule has 0 fully saturated rings. The van der Waals surface area contributed by atoms with E-state index in [1.165, 1.54) is 0 Å². The van der Waals surface area contributed by atoms with Crippen LogP contribution in [-0.4, -0.2) is 30.4 Å². The number of carbonyl (C=O) groups excluding carboxylic acids is 2. The van der Waals surface area contributed by atoms with Gasteiger partial charge < -0.3 is 16.4 Å². The van der Waals surface area contributed by atoms with Crippen molar-refractivity contribution in [1.82, 2.24) is 10.6 Å². The van der Waals surface area contributed by atoms with Crippen LogP contribution in [0.2, 0.25) is 0 Å². The lowest BCUT2D eigenvalue weighted by Crippen LogP contribution is -2.52. The Hall–Kier alpha value is -1.88. The topological polar surface area (TPSA) is 84.2 Å². The maximum atomic E-state index is 11.8. The SMILES string of the molecule is CCC(C)(N)C(=O)NCCNC(=O)c1ccc(C)cc1. The van der Waals surface area contributed by atoms with E-state index in [1.807, 2.05) is 26.0 Å². The van der Waals surface area contributed by atoms with Crippen LogP contribution in [0.1, 0.15) is 36.2 Å². The molecule has 0 heterocycles. The van der Waals surface area contributed by atoms with Crippen LogP contribution in [0.5, 0.6) is 0 Å². The third kappa shape index (κ3) is 4.66. The summed E-state index contributed by atoms with van der Waals surface area (Å²) in [6, 6.07) is 7.32. The molecule has 2 amide bonds. The molecule has 4 N–H and O–H groups in total. The number of carbonyl (C=O) groups is 2. The minimum atomic E-state index is -0.860. The van der Waals surface area contributed by atoms with Crippen LogP contribution in [0.25, 0.3) is 0 Å². The Morgan fingerprint density at radius 2 is 1.70 bits per heavy atom. The van der Waals surface area contributed by atoms with Gasteiger partial charge in [0.15, 0.2) is 0 Å². The largest absolute Gasteiger partial charge is 0.353 e. The first-order valence-electron chi connectivity index (χ1n) is 6.79. The molecule has 1 atom stereocenters. The van der Waals surface area contributed by atoms with Gasteiger partial charge in [-0.2, -0.15) is 0 Å². The molecule has 1 aromatic rings. The van der Waals surface area contributed by atoms with Crippen molar-refractivity contribution >= 4 is 11.8 Å². The van der Waals surface area contributed by atoms with Crippen LogP contribution in [-0.2, 0) is 4.79 Å². The van der Waals surface area contributed by atoms with Gasteiger partial charge in [-0.1, -0.05) is 24.6 Å². The fourth-order valence-electron chi connectivity index (χ4n) is 1.52. The lowest BCUT2D eigenvalue weighted by molar-refractivity contribution is -0.125. The Balaban J connectivity index is 2.33. The van der Waals surface area contributed by atoms with Crippen molar-refractivity contribution in [2.24, 2.45) is 5.73 Å². The van der Waals surface area contributed by atoms with E-state index in [-0.39, 0.29) is 11.8 Å². The quantitative estimate of drug-likeness (QED) is 0.677. The molecular weight excluding hydrogens is 254 g/mol. The summed E-state index contributed by atoms with van der Waals surface area (Å²) in [6.07, 6.45) is 0.564. The predicted octanol–water partition coefficient (Wildman–Crippen LogP) is 0.968. The molecule has 0 radical (unpaired) electrons. The van der Waals surface area contributed by atoms with E-state index in [9.17, 15) is 9.59 Å². The summed E-state index contributed by atoms with van der Waals surface area (Å²) in [6.45, 7) is 6.25. The summed E-state index contributed by atoms with van der Waals surface area (Å²) in [4.78, 5) is 23.5. The van der Waals surface area contributed by atoms with E-state index in [1.54, 1.807) is 19.1 Å². The second-order valence-corrected chi connectivity index (χ2v) is 5.15. The Kier molecular flexibility index (Phi) is 5.70. The fraction of sp³-hybridized carbons (Fsp3) is 0.467. The summed E-state index contributed by atoms with van der Waals surface area (Å²) >= 11 is 0. The first-order valence-corrected chi connectivity index (χ1v) is 6.79. The average Bonchev–Trinajstić information content (AvgIpc) is 2.43. The number of hydrogen-bond donors (Lipinski definition) is 3. The molecule has 5 nitrogen and oxygen atoms in total. The molecule has 0 bridgehead atoms. The van der Waals surface area contributed by atoms with Crippen LogP contribution in [0.4, 0.5) is 0 Å². The van der Waals surface area contributed by atoms with Gasteiger partial charge in [0.25, 0.3) is 5.91 Å². The number of rotatable bonds is 6. The first kappa shape index (κ1) is 16.2. The highest BCUT2D eigenvalue weighted by Gasteiger charge is 2.25. The highest BCUT2D eigenvalue weighted by molar-refractivity contribution is 5.94. The molecule has 0 saturated carbocycles. The average molecular weight is 277 g/mol. The molecule has 0 saturated heterocycles. The zero-order chi connectivity index (χ0) is 15.2. The molecule has 1 unspecified atom stereocenters. The van der Waals surface area contributed by atoms with Crippen LogP contribution < -0.4 is 16.4 Å². The molecule has 110 valence electrons. The normalized spacial score (nSPS) is 13.4. The Morgan fingerprint density at radius 3 is 2.25 bits per heavy atom. The lowest BCUT2D eigenvalue weighted by atomic mass is 10.00. The Morgan fingerprint density at radius 1 is 1.15 bits per heavy atom. The molecule has 0 aliphatic carbocycles. The van der Waals surface area contributed by atoms with Gasteiger partial charge in [-0.3, -0.25) is 9.59 Å². The number of benzene rings is 1. The van der Waals surface area contributed by atoms with Crippen molar-refractivity contribution in [1.29, 1.82) is 0 Å². The summed E-state index contributed by atoms with van der Waals surface area (Å²) in [5, 5.41) is 5.46. The monoisotopic (exact) mass is 277 g/mol. The van der Waals surface area contributed by atoms with E-state index in [2.05, 4.69) is 10.6 Å². The predicted molar refractivity (Wildman–Crippen MR) is 79.4 cm³/mol. The van der Waals surface area contributed by atoms with Gasteiger partial charge in [-0.25, -0.2) is 0 Å². The van der Waals surface area contributed by atoms with Crippen LogP contribution in [0, 0.1) is 6.92 Å². The minimum absolute atomic E-state index is 0.148. The van der Waals surface area contributed by atoms with Gasteiger partial charge in [-0.05, 0) is 32.4 Å². The van der Waals surface area contributed by atoms with Crippen LogP contribution in [0.15, 0.2) is 24.3 Å². The van der Waals surface area contributed by atoms with Gasteiger partial charge in [-0.15, -0.1) is 0 Å². The van der Waals surface area contributed by atoms with Crippen molar-refractivity contribution in [3.63, 3.8) is 0 Å². The molecule has 0 aromatic heterocycles. The van der Waals surface area contributed by atoms with E-state index < -0.39 is 5.54 Å². The third-order valence-electron chi connectivity index (χ3n) is 3.26. The lowest BCUT2D eigenvalue weighted by Gasteiger charge is -2.21. The van der Waals surface area contributed by atoms with Gasteiger partial charge >= 0.3 is 0 Å². The van der Waals surface area contributed by atoms with Crippen LogP contribution in [0.3, 0.4) is 0 Å². The van der Waals surface area contributed by atoms with E-state index in [0.717, 1.165) is 5.56 Å². The number of nitrogens with one attached hydrogen (secondary N) is 2. The molecule has 0 aliphatic rings. The molecule has 0 spiro atoms. The molecule has 1 aromatic carbocycles. The molecule has 5 heteroatoms. The van der Waals surface area contributed by atoms with Crippen molar-refractivity contribution in [3.8, 4) is 0 Å². The number of amides is 2. The highest BCUT2D eigenvalue weighted by atomic mass is 16.2. The molecule has 0 aliphatic heterocycles. The standard InChI is InChI=1S/C15H23N3O2/c1-4-15(3,16)14(20)18-10-9-17-13(19)12-7-5-11(2)6-8-12/h5-8H,4,9-10,16H2,1-3H3,(H,17,19)(H,18,20). The molecule has 20 heavy (non-hydrogen) atoms. The van der Waals surface area contributed by atoms with Gasteiger partial charge in [0.2, 0.25) is 5.91 Å². The second-order valence-electron chi connectivity index (χ2n) is 5.15. The molecule has 1 rings (SSSR count). The summed E-state index contributed by atoms with van der Waals surface area (Å²) < 4.78 is 0. The minimum Gasteiger partial charge on any atom is -0.353 e. The fourth-order valence-corrected chi connectivity index (χ4v) is 1.52. The van der Waals surface area contributed by atoms with Crippen molar-refractivity contribution < 1.29 is 9.59 Å². The van der Waals surface area contributed by atoms with E-state index >= 15 is 0 Å². The van der Waals surface area contributed by atoms with Crippen LogP contribution >= 0.6 is 0 Å². The highest BCUT2D eigenvalue weighted by Crippen LogP contribution is 2.04. The summed E-state index contributed by atoms with van der Waals surface area (Å²) in [5.41, 5.74) is 6.66. The van der Waals surface area contributed by atoms with E-state index in [4.69, 9.17) is 5.73 Å². The third-order valence-corrected chi connectivity index (χ3v) is 3.26. The summed E-state index contributed by atoms with van der Waals surface area (Å²) in [5.74, 6) is -0.352. The Labute approximate surface area is 119 Å². The second kappa shape index (κ2) is 7.05. The van der Waals surface area contributed by atoms with Crippen molar-refractivity contribution in [3.05, 3.63) is 35.4 Å². The van der Waals surface area contributed by atoms with Gasteiger partial charge in [0.05, 0.1) is 5.54 Å². The van der Waals surface area contributed by atoms with Crippen molar-refractivity contribution in [2.75, 3.05) is 13.1 Å². The maximum Gasteiger partial charge on any atom is 0.251 e. The molecular formula is C15H23N3O2. The maximum absolute atomic E-state index is 11.8. The Bertz CT molecular complexity index is 467. The smallest absolute Gasteiger partial charge is 0.251 e. The number of hydrogen-bond acceptors (Lipinski definition) is 3. The number of nitrogens with two attached hydrogens (primary N) is 1. The van der Waals surface area contributed by atoms with Gasteiger partial charge in [0.1, 0.15) is 0 Å². The van der Waals surface area contributed by atoms with E-state index in [0.29, 0.717) is 25.1 Å². The van der Waals surface area contributed by atoms with Gasteiger partial charge in [0, 0.05) is 18.7 Å². The number of aryl methyl sites for hydroxylation is 1. The summed E-state index contributed by atoms with van der Waals surface area (Å²) in [7, 11) is 0. The zero-order valence-electron chi connectivity index (χ0n) is 12.3. The van der Waals surface area contributed by atoms with Crippen molar-refractivity contribution in [2.45, 2.75) is 32.7 Å². The first-order chi connectivity index (χ1) is 9.36.